The smallest absolute Gasteiger partial charge is 0.212 e. The van der Waals surface area contributed by atoms with E-state index in [-0.39, 0.29) is 5.75 Å². The summed E-state index contributed by atoms with van der Waals surface area (Å²) >= 11 is 1.53. The van der Waals surface area contributed by atoms with Crippen LogP contribution in [-0.4, -0.2) is 19.7 Å². The van der Waals surface area contributed by atoms with Gasteiger partial charge in [0, 0.05) is 10.9 Å². The van der Waals surface area contributed by atoms with Gasteiger partial charge < -0.3 is 9.84 Å². The first-order valence-corrected chi connectivity index (χ1v) is 8.39. The van der Waals surface area contributed by atoms with E-state index in [9.17, 15) is 5.11 Å². The van der Waals surface area contributed by atoms with Crippen LogP contribution in [0.1, 0.15) is 11.4 Å². The average molecular weight is 337 g/mol. The molecule has 0 saturated heterocycles. The third-order valence-corrected chi connectivity index (χ3v) is 4.46. The molecule has 0 atom stereocenters. The molecular formula is C18H15N3O2S. The molecule has 24 heavy (non-hydrogen) atoms. The summed E-state index contributed by atoms with van der Waals surface area (Å²) in [4.78, 5) is 5.33. The van der Waals surface area contributed by atoms with Crippen LogP contribution in [0.5, 0.6) is 11.5 Å². The monoisotopic (exact) mass is 337 g/mol. The first kappa shape index (κ1) is 14.7. The number of hydrogen-bond donors (Lipinski definition) is 1. The average Bonchev–Trinajstić information content (AvgIpc) is 3.14. The van der Waals surface area contributed by atoms with Crippen LogP contribution in [0.25, 0.3) is 16.2 Å². The molecule has 0 spiro atoms. The molecule has 6 heteroatoms. The van der Waals surface area contributed by atoms with Crippen molar-refractivity contribution in [1.29, 1.82) is 0 Å². The standard InChI is InChI=1S/C18H15N3O2S/c1-12-3-2-4-15(9-12)23-10-17-19-18-21(20-17)16(11-24-18)13-5-7-14(22)8-6-13/h2-9,11,22H,10H2,1H3. The van der Waals surface area contributed by atoms with Crippen LogP contribution in [0.3, 0.4) is 0 Å². The molecule has 2 heterocycles. The van der Waals surface area contributed by atoms with Crippen LogP contribution in [0, 0.1) is 6.92 Å². The fourth-order valence-electron chi connectivity index (χ4n) is 2.47. The number of phenolic OH excluding ortho intramolecular Hbond substituents is 1. The molecule has 0 amide bonds. The van der Waals surface area contributed by atoms with Gasteiger partial charge in [0.1, 0.15) is 18.1 Å². The molecule has 4 rings (SSSR count). The maximum Gasteiger partial charge on any atom is 0.212 e. The number of rotatable bonds is 4. The van der Waals surface area contributed by atoms with Crippen LogP contribution in [0.15, 0.2) is 53.9 Å². The third-order valence-electron chi connectivity index (χ3n) is 3.65. The number of aromatic hydroxyl groups is 1. The highest BCUT2D eigenvalue weighted by molar-refractivity contribution is 7.15. The van der Waals surface area contributed by atoms with Crippen molar-refractivity contribution in [3.63, 3.8) is 0 Å². The topological polar surface area (TPSA) is 59.7 Å². The Kier molecular flexibility index (Phi) is 3.66. The molecule has 2 aromatic heterocycles. The number of nitrogens with zero attached hydrogens (tertiary/aromatic N) is 3. The highest BCUT2D eigenvalue weighted by atomic mass is 32.1. The first-order valence-electron chi connectivity index (χ1n) is 7.51. The Morgan fingerprint density at radius 2 is 2.00 bits per heavy atom. The molecule has 0 aliphatic carbocycles. The number of phenols is 1. The lowest BCUT2D eigenvalue weighted by molar-refractivity contribution is 0.296. The Balaban J connectivity index is 1.59. The minimum atomic E-state index is 0.246. The van der Waals surface area contributed by atoms with Crippen LogP contribution < -0.4 is 4.74 Å². The van der Waals surface area contributed by atoms with Gasteiger partial charge in [-0.3, -0.25) is 0 Å². The van der Waals surface area contributed by atoms with E-state index in [1.807, 2.05) is 53.2 Å². The van der Waals surface area contributed by atoms with Crippen LogP contribution in [0.2, 0.25) is 0 Å². The zero-order valence-electron chi connectivity index (χ0n) is 13.0. The van der Waals surface area contributed by atoms with E-state index in [1.165, 1.54) is 11.3 Å². The Morgan fingerprint density at radius 1 is 1.17 bits per heavy atom. The minimum Gasteiger partial charge on any atom is -0.508 e. The summed E-state index contributed by atoms with van der Waals surface area (Å²) in [6, 6.07) is 15.0. The first-order chi connectivity index (χ1) is 11.7. The van der Waals surface area contributed by atoms with Crippen molar-refractivity contribution in [1.82, 2.24) is 14.6 Å². The lowest BCUT2D eigenvalue weighted by atomic mass is 10.2. The molecular weight excluding hydrogens is 322 g/mol. The number of hydrogen-bond acceptors (Lipinski definition) is 5. The van der Waals surface area contributed by atoms with Gasteiger partial charge in [0.05, 0.1) is 5.69 Å². The van der Waals surface area contributed by atoms with Gasteiger partial charge in [0.25, 0.3) is 0 Å². The van der Waals surface area contributed by atoms with Crippen LogP contribution in [-0.2, 0) is 6.61 Å². The predicted octanol–water partition coefficient (Wildman–Crippen LogP) is 4.05. The number of thiazole rings is 1. The summed E-state index contributed by atoms with van der Waals surface area (Å²) in [5, 5.41) is 16.0. The van der Waals surface area contributed by atoms with E-state index in [4.69, 9.17) is 4.74 Å². The number of benzene rings is 2. The Bertz CT molecular complexity index is 989. The summed E-state index contributed by atoms with van der Waals surface area (Å²) < 4.78 is 7.58. The molecule has 0 unspecified atom stereocenters. The second-order valence-corrected chi connectivity index (χ2v) is 6.33. The van der Waals surface area contributed by atoms with Crippen molar-refractivity contribution in [2.45, 2.75) is 13.5 Å². The zero-order valence-corrected chi connectivity index (χ0v) is 13.8. The van der Waals surface area contributed by atoms with E-state index >= 15 is 0 Å². The van der Waals surface area contributed by atoms with E-state index in [1.54, 1.807) is 12.1 Å². The summed E-state index contributed by atoms with van der Waals surface area (Å²) in [6.45, 7) is 2.36. The molecule has 0 bridgehead atoms. The molecule has 2 aromatic carbocycles. The van der Waals surface area contributed by atoms with Crippen molar-refractivity contribution in [3.05, 3.63) is 65.3 Å². The molecule has 5 nitrogen and oxygen atoms in total. The lowest BCUT2D eigenvalue weighted by Crippen LogP contribution is -1.99. The fraction of sp³-hybridized carbons (Fsp3) is 0.111. The zero-order chi connectivity index (χ0) is 16.5. The van der Waals surface area contributed by atoms with Gasteiger partial charge in [0.15, 0.2) is 5.82 Å². The summed E-state index contributed by atoms with van der Waals surface area (Å²) in [7, 11) is 0. The molecule has 0 aliphatic rings. The van der Waals surface area contributed by atoms with Crippen molar-refractivity contribution in [2.75, 3.05) is 0 Å². The summed E-state index contributed by atoms with van der Waals surface area (Å²) in [6.07, 6.45) is 0. The van der Waals surface area contributed by atoms with Crippen molar-refractivity contribution in [3.8, 4) is 22.8 Å². The van der Waals surface area contributed by atoms with Crippen molar-refractivity contribution >= 4 is 16.3 Å². The fourth-order valence-corrected chi connectivity index (χ4v) is 3.32. The number of ether oxygens (including phenoxy) is 1. The maximum atomic E-state index is 9.42. The number of aryl methyl sites for hydroxylation is 1. The van der Waals surface area contributed by atoms with Gasteiger partial charge in [0.2, 0.25) is 4.96 Å². The number of aromatic nitrogens is 3. The lowest BCUT2D eigenvalue weighted by Gasteiger charge is -2.03. The SMILES string of the molecule is Cc1cccc(OCc2nc3scc(-c4ccc(O)cc4)n3n2)c1. The third kappa shape index (κ3) is 2.83. The van der Waals surface area contributed by atoms with Gasteiger partial charge in [-0.2, -0.15) is 4.98 Å². The highest BCUT2D eigenvalue weighted by Gasteiger charge is 2.12. The molecule has 120 valence electrons. The Morgan fingerprint density at radius 3 is 2.79 bits per heavy atom. The van der Waals surface area contributed by atoms with E-state index < -0.39 is 0 Å². The molecule has 0 radical (unpaired) electrons. The van der Waals surface area contributed by atoms with E-state index in [0.717, 1.165) is 27.5 Å². The molecule has 0 fully saturated rings. The Labute approximate surface area is 142 Å². The highest BCUT2D eigenvalue weighted by Crippen LogP contribution is 2.26. The quantitative estimate of drug-likeness (QED) is 0.610. The normalized spacial score (nSPS) is 11.0. The molecule has 0 aliphatic heterocycles. The largest absolute Gasteiger partial charge is 0.508 e. The second-order valence-electron chi connectivity index (χ2n) is 5.50. The van der Waals surface area contributed by atoms with Gasteiger partial charge in [-0.25, -0.2) is 4.52 Å². The van der Waals surface area contributed by atoms with Gasteiger partial charge in [-0.1, -0.05) is 12.1 Å². The maximum absolute atomic E-state index is 9.42. The molecule has 1 N–H and O–H groups in total. The molecule has 4 aromatic rings. The minimum absolute atomic E-state index is 0.246. The van der Waals surface area contributed by atoms with Crippen molar-refractivity contribution < 1.29 is 9.84 Å². The van der Waals surface area contributed by atoms with Crippen LogP contribution in [0.4, 0.5) is 0 Å². The molecule has 0 saturated carbocycles. The predicted molar refractivity (Wildman–Crippen MR) is 93.5 cm³/mol. The second kappa shape index (κ2) is 5.98. The van der Waals surface area contributed by atoms with Gasteiger partial charge >= 0.3 is 0 Å². The van der Waals surface area contributed by atoms with Gasteiger partial charge in [-0.15, -0.1) is 16.4 Å². The summed E-state index contributed by atoms with van der Waals surface area (Å²) in [5.74, 6) is 1.70. The number of fused-ring (bicyclic) bond motifs is 1. The Hall–Kier alpha value is -2.86. The van der Waals surface area contributed by atoms with E-state index in [0.29, 0.717) is 12.4 Å². The van der Waals surface area contributed by atoms with Gasteiger partial charge in [-0.05, 0) is 48.9 Å². The van der Waals surface area contributed by atoms with Crippen molar-refractivity contribution in [2.24, 2.45) is 0 Å². The van der Waals surface area contributed by atoms with E-state index in [2.05, 4.69) is 10.1 Å². The summed E-state index contributed by atoms with van der Waals surface area (Å²) in [5.41, 5.74) is 3.08. The van der Waals surface area contributed by atoms with Crippen LogP contribution >= 0.6 is 11.3 Å².